The van der Waals surface area contributed by atoms with Crippen molar-refractivity contribution in [3.05, 3.63) is 0 Å². The summed E-state index contributed by atoms with van der Waals surface area (Å²) in [5.41, 5.74) is 0. The number of ether oxygens (including phenoxy) is 1. The lowest BCUT2D eigenvalue weighted by Crippen LogP contribution is -2.40. The van der Waals surface area contributed by atoms with Gasteiger partial charge < -0.3 is 20.1 Å². The maximum absolute atomic E-state index is 11.2. The molecule has 0 radical (unpaired) electrons. The lowest BCUT2D eigenvalue weighted by Gasteiger charge is -2.16. The normalized spacial score (nSPS) is 9.57. The maximum Gasteiger partial charge on any atom is 0.323 e. The molecule has 82 valence electrons. The number of nitrogens with one attached hydrogen (secondary N) is 1. The first-order chi connectivity index (χ1) is 6.57. The van der Waals surface area contributed by atoms with Gasteiger partial charge in [0, 0.05) is 27.3 Å². The van der Waals surface area contributed by atoms with Crippen LogP contribution in [0.3, 0.4) is 0 Å². The smallest absolute Gasteiger partial charge is 0.323 e. The number of urea groups is 1. The highest BCUT2D eigenvalue weighted by molar-refractivity contribution is 5.79. The van der Waals surface area contributed by atoms with Crippen LogP contribution in [0.2, 0.25) is 0 Å². The molecule has 0 saturated carbocycles. The van der Waals surface area contributed by atoms with Gasteiger partial charge in [-0.3, -0.25) is 4.79 Å². The Labute approximate surface area is 82.8 Å². The highest BCUT2D eigenvalue weighted by Crippen LogP contribution is 1.88. The van der Waals surface area contributed by atoms with E-state index in [1.54, 1.807) is 14.2 Å². The Hall–Kier alpha value is -1.30. The summed E-state index contributed by atoms with van der Waals surface area (Å²) >= 11 is 0. The second-order valence-electron chi connectivity index (χ2n) is 2.82. The fourth-order valence-corrected chi connectivity index (χ4v) is 0.834. The number of hydrogen-bond acceptors (Lipinski definition) is 3. The average molecular weight is 204 g/mol. The summed E-state index contributed by atoms with van der Waals surface area (Å²) in [6.45, 7) is 0.767. The molecule has 0 aromatic rings. The molecular weight excluding hydrogens is 188 g/mol. The van der Waals surface area contributed by atoms with E-state index >= 15 is 0 Å². The number of carboxylic acid groups (broad SMARTS) is 1. The molecule has 0 unspecified atom stereocenters. The molecular formula is C8H16N2O4. The van der Waals surface area contributed by atoms with Crippen LogP contribution in [0, 0.1) is 0 Å². The van der Waals surface area contributed by atoms with Gasteiger partial charge in [0.25, 0.3) is 0 Å². The number of hydrogen-bond donors (Lipinski definition) is 2. The van der Waals surface area contributed by atoms with Gasteiger partial charge in [0.15, 0.2) is 0 Å². The van der Waals surface area contributed by atoms with E-state index in [4.69, 9.17) is 9.84 Å². The highest BCUT2D eigenvalue weighted by atomic mass is 16.5. The first-order valence-electron chi connectivity index (χ1n) is 4.27. The van der Waals surface area contributed by atoms with Crippen LogP contribution in [-0.2, 0) is 9.53 Å². The number of nitrogens with zero attached hydrogens (tertiary/aromatic N) is 1. The Morgan fingerprint density at radius 2 is 2.14 bits per heavy atom. The summed E-state index contributed by atoms with van der Waals surface area (Å²) in [5.74, 6) is -1.05. The zero-order chi connectivity index (χ0) is 11.0. The molecule has 2 amide bonds. The fourth-order valence-electron chi connectivity index (χ4n) is 0.834. The Balaban J connectivity index is 3.59. The fraction of sp³-hybridized carbons (Fsp3) is 0.750. The molecule has 0 heterocycles. The van der Waals surface area contributed by atoms with Crippen LogP contribution >= 0.6 is 0 Å². The van der Waals surface area contributed by atoms with Crippen molar-refractivity contribution < 1.29 is 19.4 Å². The maximum atomic E-state index is 11.2. The first-order valence-corrected chi connectivity index (χ1v) is 4.27. The van der Waals surface area contributed by atoms with Gasteiger partial charge in [0.2, 0.25) is 0 Å². The molecule has 0 spiro atoms. The van der Waals surface area contributed by atoms with Gasteiger partial charge >= 0.3 is 12.0 Å². The van der Waals surface area contributed by atoms with Crippen molar-refractivity contribution in [3.8, 4) is 0 Å². The number of carboxylic acids is 1. The second kappa shape index (κ2) is 7.14. The van der Waals surface area contributed by atoms with Gasteiger partial charge in [-0.15, -0.1) is 0 Å². The van der Waals surface area contributed by atoms with Crippen LogP contribution < -0.4 is 5.32 Å². The van der Waals surface area contributed by atoms with Gasteiger partial charge in [-0.1, -0.05) is 0 Å². The van der Waals surface area contributed by atoms with Crippen molar-refractivity contribution >= 4 is 12.0 Å². The molecule has 0 bridgehead atoms. The van der Waals surface area contributed by atoms with Crippen LogP contribution in [0.15, 0.2) is 0 Å². The number of methoxy groups -OCH3 is 1. The van der Waals surface area contributed by atoms with E-state index < -0.39 is 5.97 Å². The van der Waals surface area contributed by atoms with Crippen LogP contribution in [0.25, 0.3) is 0 Å². The molecule has 0 fully saturated rings. The average Bonchev–Trinajstić information content (AvgIpc) is 2.14. The van der Waals surface area contributed by atoms with Gasteiger partial charge in [0.1, 0.15) is 6.54 Å². The topological polar surface area (TPSA) is 78.9 Å². The van der Waals surface area contributed by atoms with Crippen LogP contribution in [-0.4, -0.2) is 55.9 Å². The van der Waals surface area contributed by atoms with E-state index in [-0.39, 0.29) is 12.6 Å². The van der Waals surface area contributed by atoms with E-state index in [2.05, 4.69) is 5.32 Å². The molecule has 6 heteroatoms. The summed E-state index contributed by atoms with van der Waals surface area (Å²) < 4.78 is 4.82. The molecule has 0 aromatic heterocycles. The first kappa shape index (κ1) is 12.7. The van der Waals surface area contributed by atoms with E-state index in [0.717, 1.165) is 6.42 Å². The minimum atomic E-state index is -1.05. The van der Waals surface area contributed by atoms with Gasteiger partial charge in [-0.2, -0.15) is 0 Å². The molecule has 0 rings (SSSR count). The van der Waals surface area contributed by atoms with Crippen LogP contribution in [0.5, 0.6) is 0 Å². The van der Waals surface area contributed by atoms with E-state index in [9.17, 15) is 9.59 Å². The van der Waals surface area contributed by atoms with Crippen molar-refractivity contribution in [2.24, 2.45) is 0 Å². The Morgan fingerprint density at radius 3 is 2.64 bits per heavy atom. The zero-order valence-electron chi connectivity index (χ0n) is 8.45. The number of amides is 2. The summed E-state index contributed by atoms with van der Waals surface area (Å²) in [6, 6.07) is -0.386. The third-order valence-corrected chi connectivity index (χ3v) is 1.58. The third kappa shape index (κ3) is 6.24. The van der Waals surface area contributed by atoms with Crippen LogP contribution in [0.1, 0.15) is 6.42 Å². The number of rotatable bonds is 6. The number of carbonyl (C=O) groups excluding carboxylic acids is 1. The highest BCUT2D eigenvalue weighted by Gasteiger charge is 2.08. The monoisotopic (exact) mass is 204 g/mol. The molecule has 0 saturated heterocycles. The lowest BCUT2D eigenvalue weighted by molar-refractivity contribution is -0.135. The molecule has 0 aliphatic heterocycles. The third-order valence-electron chi connectivity index (χ3n) is 1.58. The molecule has 6 nitrogen and oxygen atoms in total. The number of aliphatic carboxylic acids is 1. The standard InChI is InChI=1S/C8H16N2O4/c1-10(4-3-5-14-2)8(13)9-6-7(11)12/h3-6H2,1-2H3,(H,9,13)(H,11,12). The summed E-state index contributed by atoms with van der Waals surface area (Å²) in [7, 11) is 3.19. The van der Waals surface area contributed by atoms with Crippen molar-refractivity contribution in [2.45, 2.75) is 6.42 Å². The molecule has 0 aliphatic rings. The van der Waals surface area contributed by atoms with Crippen molar-refractivity contribution in [1.82, 2.24) is 10.2 Å². The van der Waals surface area contributed by atoms with Gasteiger partial charge in [-0.05, 0) is 6.42 Å². The van der Waals surface area contributed by atoms with E-state index in [1.807, 2.05) is 0 Å². The molecule has 2 N–H and O–H groups in total. The quantitative estimate of drug-likeness (QED) is 0.585. The van der Waals surface area contributed by atoms with E-state index in [1.165, 1.54) is 4.90 Å². The van der Waals surface area contributed by atoms with E-state index in [0.29, 0.717) is 13.2 Å². The van der Waals surface area contributed by atoms with Crippen molar-refractivity contribution in [2.75, 3.05) is 33.9 Å². The molecule has 14 heavy (non-hydrogen) atoms. The second-order valence-corrected chi connectivity index (χ2v) is 2.82. The summed E-state index contributed by atoms with van der Waals surface area (Å²) in [4.78, 5) is 22.7. The Morgan fingerprint density at radius 1 is 1.50 bits per heavy atom. The minimum absolute atomic E-state index is 0.354. The summed E-state index contributed by atoms with van der Waals surface area (Å²) in [5, 5.41) is 10.6. The zero-order valence-corrected chi connectivity index (χ0v) is 8.45. The van der Waals surface area contributed by atoms with Crippen molar-refractivity contribution in [1.29, 1.82) is 0 Å². The Kier molecular flexibility index (Phi) is 6.47. The minimum Gasteiger partial charge on any atom is -0.480 e. The van der Waals surface area contributed by atoms with Gasteiger partial charge in [-0.25, -0.2) is 4.79 Å². The predicted molar refractivity (Wildman–Crippen MR) is 50.2 cm³/mol. The van der Waals surface area contributed by atoms with Crippen molar-refractivity contribution in [3.63, 3.8) is 0 Å². The largest absolute Gasteiger partial charge is 0.480 e. The molecule has 0 aromatic carbocycles. The predicted octanol–water partition coefficient (Wildman–Crippen LogP) is -0.251. The molecule has 0 atom stereocenters. The van der Waals surface area contributed by atoms with Gasteiger partial charge in [0.05, 0.1) is 0 Å². The molecule has 0 aliphatic carbocycles. The Bertz CT molecular complexity index is 196. The lowest BCUT2D eigenvalue weighted by atomic mass is 10.4. The van der Waals surface area contributed by atoms with Crippen LogP contribution in [0.4, 0.5) is 4.79 Å². The summed E-state index contributed by atoms with van der Waals surface area (Å²) in [6.07, 6.45) is 0.730. The number of carbonyl (C=O) groups is 2. The SMILES string of the molecule is COCCCN(C)C(=O)NCC(=O)O.